The Balaban J connectivity index is 2.17. The fraction of sp³-hybridized carbons (Fsp3) is 1.00. The molecular formula is C12H26N2O2S. The molecule has 1 aliphatic carbocycles. The minimum absolute atomic E-state index is 0.261. The lowest BCUT2D eigenvalue weighted by molar-refractivity contribution is 0.250. The van der Waals surface area contributed by atoms with E-state index in [1.54, 1.807) is 0 Å². The van der Waals surface area contributed by atoms with Crippen LogP contribution < -0.4 is 4.72 Å². The van der Waals surface area contributed by atoms with Crippen LogP contribution in [-0.2, 0) is 10.0 Å². The molecule has 0 aromatic rings. The van der Waals surface area contributed by atoms with Gasteiger partial charge in [0.2, 0.25) is 10.0 Å². The smallest absolute Gasteiger partial charge is 0.211 e. The van der Waals surface area contributed by atoms with Crippen LogP contribution in [-0.4, -0.2) is 45.2 Å². The zero-order valence-electron chi connectivity index (χ0n) is 11.1. The first-order chi connectivity index (χ1) is 8.05. The van der Waals surface area contributed by atoms with Crippen molar-refractivity contribution < 1.29 is 8.42 Å². The number of sulfonamides is 1. The van der Waals surface area contributed by atoms with Gasteiger partial charge in [0.1, 0.15) is 0 Å². The monoisotopic (exact) mass is 262 g/mol. The normalized spacial score (nSPS) is 18.1. The van der Waals surface area contributed by atoms with Crippen molar-refractivity contribution in [3.05, 3.63) is 0 Å². The van der Waals surface area contributed by atoms with E-state index in [1.165, 1.54) is 25.7 Å². The molecule has 1 saturated carbocycles. The highest BCUT2D eigenvalue weighted by Crippen LogP contribution is 2.21. The first kappa shape index (κ1) is 14.9. The predicted molar refractivity (Wildman–Crippen MR) is 71.6 cm³/mol. The number of hydrogen-bond acceptors (Lipinski definition) is 3. The maximum absolute atomic E-state index is 11.6. The summed E-state index contributed by atoms with van der Waals surface area (Å²) in [5, 5.41) is 0. The predicted octanol–water partition coefficient (Wildman–Crippen LogP) is 1.58. The summed E-state index contributed by atoms with van der Waals surface area (Å²) < 4.78 is 25.8. The van der Waals surface area contributed by atoms with Crippen LogP contribution in [0.5, 0.6) is 0 Å². The molecule has 0 aromatic heterocycles. The van der Waals surface area contributed by atoms with E-state index in [0.29, 0.717) is 12.6 Å². The standard InChI is InChI=1S/C12H26N2O2S/c1-3-4-11-17(15,16)13-9-10-14(2)12-7-5-6-8-12/h12-13H,3-11H2,1-2H3. The second-order valence-electron chi connectivity index (χ2n) is 4.99. The van der Waals surface area contributed by atoms with Gasteiger partial charge in [-0.05, 0) is 26.3 Å². The summed E-state index contributed by atoms with van der Waals surface area (Å²) in [5.74, 6) is 0.261. The van der Waals surface area contributed by atoms with Crippen LogP contribution in [0, 0.1) is 0 Å². The van der Waals surface area contributed by atoms with Crippen molar-refractivity contribution in [1.82, 2.24) is 9.62 Å². The summed E-state index contributed by atoms with van der Waals surface area (Å²) in [5.41, 5.74) is 0. The number of hydrogen-bond donors (Lipinski definition) is 1. The Morgan fingerprint density at radius 3 is 2.53 bits per heavy atom. The Morgan fingerprint density at radius 1 is 1.29 bits per heavy atom. The molecule has 0 radical (unpaired) electrons. The summed E-state index contributed by atoms with van der Waals surface area (Å²) in [4.78, 5) is 2.29. The van der Waals surface area contributed by atoms with Gasteiger partial charge in [-0.3, -0.25) is 0 Å². The van der Waals surface area contributed by atoms with Crippen LogP contribution >= 0.6 is 0 Å². The van der Waals surface area contributed by atoms with E-state index < -0.39 is 10.0 Å². The molecule has 17 heavy (non-hydrogen) atoms. The lowest BCUT2D eigenvalue weighted by Crippen LogP contribution is -2.38. The van der Waals surface area contributed by atoms with E-state index in [4.69, 9.17) is 0 Å². The molecule has 1 N–H and O–H groups in total. The van der Waals surface area contributed by atoms with E-state index in [2.05, 4.69) is 16.7 Å². The van der Waals surface area contributed by atoms with E-state index in [9.17, 15) is 8.42 Å². The van der Waals surface area contributed by atoms with E-state index >= 15 is 0 Å². The quantitative estimate of drug-likeness (QED) is 0.722. The molecule has 0 heterocycles. The molecule has 0 unspecified atom stereocenters. The topological polar surface area (TPSA) is 49.4 Å². The van der Waals surface area contributed by atoms with Gasteiger partial charge >= 0.3 is 0 Å². The summed E-state index contributed by atoms with van der Waals surface area (Å²) in [7, 11) is -0.946. The highest BCUT2D eigenvalue weighted by molar-refractivity contribution is 7.89. The lowest BCUT2D eigenvalue weighted by Gasteiger charge is -2.23. The van der Waals surface area contributed by atoms with Gasteiger partial charge in [-0.1, -0.05) is 26.2 Å². The second-order valence-corrected chi connectivity index (χ2v) is 6.91. The van der Waals surface area contributed by atoms with Gasteiger partial charge in [-0.15, -0.1) is 0 Å². The second kappa shape index (κ2) is 7.34. The van der Waals surface area contributed by atoms with E-state index in [-0.39, 0.29) is 5.75 Å². The molecule has 0 atom stereocenters. The summed E-state index contributed by atoms with van der Waals surface area (Å²) in [6.45, 7) is 3.36. The first-order valence-corrected chi connectivity index (χ1v) is 8.38. The maximum Gasteiger partial charge on any atom is 0.211 e. The fourth-order valence-electron chi connectivity index (χ4n) is 2.31. The van der Waals surface area contributed by atoms with Crippen LogP contribution in [0.1, 0.15) is 45.4 Å². The van der Waals surface area contributed by atoms with E-state index in [0.717, 1.165) is 19.4 Å². The molecule has 102 valence electrons. The summed E-state index contributed by atoms with van der Waals surface area (Å²) in [6.07, 6.45) is 6.82. The van der Waals surface area contributed by atoms with Crippen molar-refractivity contribution >= 4 is 10.0 Å². The van der Waals surface area contributed by atoms with Crippen molar-refractivity contribution in [1.29, 1.82) is 0 Å². The first-order valence-electron chi connectivity index (χ1n) is 6.72. The highest BCUT2D eigenvalue weighted by atomic mass is 32.2. The third-order valence-corrected chi connectivity index (χ3v) is 4.97. The Labute approximate surface area is 106 Å². The van der Waals surface area contributed by atoms with Gasteiger partial charge in [-0.2, -0.15) is 0 Å². The average molecular weight is 262 g/mol. The minimum Gasteiger partial charge on any atom is -0.302 e. The number of unbranched alkanes of at least 4 members (excludes halogenated alkanes) is 1. The van der Waals surface area contributed by atoms with Crippen molar-refractivity contribution in [3.8, 4) is 0 Å². The van der Waals surface area contributed by atoms with Gasteiger partial charge in [0.25, 0.3) is 0 Å². The molecule has 1 fully saturated rings. The molecule has 0 amide bonds. The largest absolute Gasteiger partial charge is 0.302 e. The van der Waals surface area contributed by atoms with Crippen molar-refractivity contribution in [2.45, 2.75) is 51.5 Å². The molecule has 4 nitrogen and oxygen atoms in total. The lowest BCUT2D eigenvalue weighted by atomic mass is 10.2. The molecule has 5 heteroatoms. The summed E-state index contributed by atoms with van der Waals surface area (Å²) >= 11 is 0. The Bertz CT molecular complexity index is 298. The zero-order valence-corrected chi connectivity index (χ0v) is 11.9. The van der Waals surface area contributed by atoms with Crippen LogP contribution in [0.25, 0.3) is 0 Å². The Morgan fingerprint density at radius 2 is 1.94 bits per heavy atom. The third kappa shape index (κ3) is 5.84. The molecule has 0 aliphatic heterocycles. The van der Waals surface area contributed by atoms with Gasteiger partial charge < -0.3 is 4.90 Å². The minimum atomic E-state index is -3.04. The Kier molecular flexibility index (Phi) is 6.44. The SMILES string of the molecule is CCCCS(=O)(=O)NCCN(C)C1CCCC1. The highest BCUT2D eigenvalue weighted by Gasteiger charge is 2.19. The van der Waals surface area contributed by atoms with Crippen molar-refractivity contribution in [2.24, 2.45) is 0 Å². The summed E-state index contributed by atoms with van der Waals surface area (Å²) in [6, 6.07) is 0.662. The Hall–Kier alpha value is -0.130. The van der Waals surface area contributed by atoms with Gasteiger partial charge in [0.15, 0.2) is 0 Å². The number of nitrogens with one attached hydrogen (secondary N) is 1. The van der Waals surface area contributed by atoms with Crippen LogP contribution in [0.15, 0.2) is 0 Å². The van der Waals surface area contributed by atoms with Gasteiger partial charge in [0.05, 0.1) is 5.75 Å². The average Bonchev–Trinajstić information content (AvgIpc) is 2.79. The number of rotatable bonds is 8. The molecule has 1 rings (SSSR count). The molecule has 1 aliphatic rings. The van der Waals surface area contributed by atoms with Crippen LogP contribution in [0.2, 0.25) is 0 Å². The van der Waals surface area contributed by atoms with Crippen LogP contribution in [0.4, 0.5) is 0 Å². The van der Waals surface area contributed by atoms with Crippen molar-refractivity contribution in [3.63, 3.8) is 0 Å². The molecule has 0 bridgehead atoms. The third-order valence-electron chi connectivity index (χ3n) is 3.50. The van der Waals surface area contributed by atoms with Gasteiger partial charge in [-0.25, -0.2) is 13.1 Å². The maximum atomic E-state index is 11.6. The molecular weight excluding hydrogens is 236 g/mol. The number of likely N-dealkylation sites (N-methyl/N-ethyl adjacent to an activating group) is 1. The number of nitrogens with zero attached hydrogens (tertiary/aromatic N) is 1. The van der Waals surface area contributed by atoms with E-state index in [1.807, 2.05) is 6.92 Å². The zero-order chi connectivity index (χ0) is 12.7. The van der Waals surface area contributed by atoms with Crippen LogP contribution in [0.3, 0.4) is 0 Å². The van der Waals surface area contributed by atoms with Gasteiger partial charge in [0, 0.05) is 19.1 Å². The van der Waals surface area contributed by atoms with Crippen molar-refractivity contribution in [2.75, 3.05) is 25.9 Å². The fourth-order valence-corrected chi connectivity index (χ4v) is 3.53. The molecule has 0 saturated heterocycles. The molecule has 0 spiro atoms. The molecule has 0 aromatic carbocycles.